The number of carbonyl (C=O) groups excluding carboxylic acids is 1. The van der Waals surface area contributed by atoms with Crippen LogP contribution in [0.15, 0.2) is 30.3 Å². The zero-order valence-electron chi connectivity index (χ0n) is 21.0. The van der Waals surface area contributed by atoms with Gasteiger partial charge >= 0.3 is 0 Å². The summed E-state index contributed by atoms with van der Waals surface area (Å²) in [5.41, 5.74) is 5.97. The lowest BCUT2D eigenvalue weighted by Crippen LogP contribution is -2.20. The standard InChI is InChI=1S/C28H41NO3/c1-8-9-10-11-22(23-14-19(2)27(32-7)20(3)15-23)17-26(31)29-25-16-21(18-30)12-13-24(25)28(4,5)6/h12-16,22,30H,8-11,17-18H2,1-7H3,(H,29,31). The molecule has 0 bridgehead atoms. The first-order chi connectivity index (χ1) is 15.1. The number of hydrogen-bond acceptors (Lipinski definition) is 3. The Bertz CT molecular complexity index is 888. The SMILES string of the molecule is CCCCCC(CC(=O)Nc1cc(CO)ccc1C(C)(C)C)c1cc(C)c(OC)c(C)c1. The second kappa shape index (κ2) is 11.5. The van der Waals surface area contributed by atoms with Crippen LogP contribution in [0.25, 0.3) is 0 Å². The molecule has 2 N–H and O–H groups in total. The van der Waals surface area contributed by atoms with E-state index < -0.39 is 0 Å². The van der Waals surface area contributed by atoms with Crippen LogP contribution in [0.4, 0.5) is 5.69 Å². The van der Waals surface area contributed by atoms with Gasteiger partial charge in [-0.3, -0.25) is 4.79 Å². The number of aliphatic hydroxyl groups excluding tert-OH is 1. The predicted octanol–water partition coefficient (Wildman–Crippen LogP) is 6.79. The van der Waals surface area contributed by atoms with Crippen LogP contribution < -0.4 is 10.1 Å². The molecule has 0 radical (unpaired) electrons. The third-order valence-corrected chi connectivity index (χ3v) is 6.09. The lowest BCUT2D eigenvalue weighted by Gasteiger charge is -2.25. The van der Waals surface area contributed by atoms with Gasteiger partial charge < -0.3 is 15.2 Å². The molecule has 0 aliphatic rings. The topological polar surface area (TPSA) is 58.6 Å². The third-order valence-electron chi connectivity index (χ3n) is 6.09. The normalized spacial score (nSPS) is 12.5. The number of unbranched alkanes of at least 4 members (excludes halogenated alkanes) is 2. The second-order valence-electron chi connectivity index (χ2n) is 9.92. The Morgan fingerprint density at radius 2 is 1.75 bits per heavy atom. The van der Waals surface area contributed by atoms with E-state index >= 15 is 0 Å². The van der Waals surface area contributed by atoms with Gasteiger partial charge in [0.15, 0.2) is 0 Å². The Morgan fingerprint density at radius 1 is 1.09 bits per heavy atom. The molecule has 2 aromatic rings. The minimum atomic E-state index is -0.110. The van der Waals surface area contributed by atoms with Crippen molar-refractivity contribution in [1.29, 1.82) is 0 Å². The summed E-state index contributed by atoms with van der Waals surface area (Å²) < 4.78 is 5.54. The van der Waals surface area contributed by atoms with Crippen LogP contribution in [-0.2, 0) is 16.8 Å². The molecule has 1 atom stereocenters. The number of nitrogens with one attached hydrogen (secondary N) is 1. The Hall–Kier alpha value is -2.33. The van der Waals surface area contributed by atoms with Gasteiger partial charge in [0.2, 0.25) is 5.91 Å². The summed E-state index contributed by atoms with van der Waals surface area (Å²) in [5, 5.41) is 12.7. The fourth-order valence-corrected chi connectivity index (χ4v) is 4.44. The maximum Gasteiger partial charge on any atom is 0.224 e. The molecule has 1 amide bonds. The maximum atomic E-state index is 13.2. The van der Waals surface area contributed by atoms with Gasteiger partial charge in [-0.15, -0.1) is 0 Å². The highest BCUT2D eigenvalue weighted by atomic mass is 16.5. The minimum Gasteiger partial charge on any atom is -0.496 e. The lowest BCUT2D eigenvalue weighted by molar-refractivity contribution is -0.116. The van der Waals surface area contributed by atoms with Crippen molar-refractivity contribution in [3.63, 3.8) is 0 Å². The molecular formula is C28H41NO3. The first kappa shape index (κ1) is 25.9. The number of benzene rings is 2. The van der Waals surface area contributed by atoms with E-state index in [4.69, 9.17) is 4.74 Å². The van der Waals surface area contributed by atoms with Gasteiger partial charge in [-0.05, 0) is 65.5 Å². The number of hydrogen-bond donors (Lipinski definition) is 2. The van der Waals surface area contributed by atoms with Crippen LogP contribution in [0.5, 0.6) is 5.75 Å². The van der Waals surface area contributed by atoms with Crippen molar-refractivity contribution in [3.05, 3.63) is 58.1 Å². The van der Waals surface area contributed by atoms with E-state index in [1.807, 2.05) is 18.2 Å². The number of amides is 1. The van der Waals surface area contributed by atoms with Crippen molar-refractivity contribution < 1.29 is 14.6 Å². The van der Waals surface area contributed by atoms with E-state index in [0.717, 1.165) is 53.0 Å². The summed E-state index contributed by atoms with van der Waals surface area (Å²) in [4.78, 5) is 13.2. The summed E-state index contributed by atoms with van der Waals surface area (Å²) in [6.07, 6.45) is 4.84. The molecule has 176 valence electrons. The molecule has 0 fully saturated rings. The van der Waals surface area contributed by atoms with Gasteiger partial charge in [0.25, 0.3) is 0 Å². The third kappa shape index (κ3) is 6.83. The number of rotatable bonds is 10. The summed E-state index contributed by atoms with van der Waals surface area (Å²) >= 11 is 0. The van der Waals surface area contributed by atoms with Gasteiger partial charge in [0.05, 0.1) is 13.7 Å². The molecule has 0 aliphatic heterocycles. The molecule has 1 unspecified atom stereocenters. The molecule has 4 heteroatoms. The second-order valence-corrected chi connectivity index (χ2v) is 9.92. The average molecular weight is 440 g/mol. The Labute approximate surface area is 194 Å². The number of methoxy groups -OCH3 is 1. The maximum absolute atomic E-state index is 13.2. The first-order valence-electron chi connectivity index (χ1n) is 11.8. The molecule has 2 aromatic carbocycles. The van der Waals surface area contributed by atoms with Gasteiger partial charge in [0, 0.05) is 12.1 Å². The average Bonchev–Trinajstić information content (AvgIpc) is 2.72. The molecule has 32 heavy (non-hydrogen) atoms. The van der Waals surface area contributed by atoms with Gasteiger partial charge in [0.1, 0.15) is 5.75 Å². The molecule has 0 aliphatic carbocycles. The summed E-state index contributed by atoms with van der Waals surface area (Å²) in [6.45, 7) is 12.7. The highest BCUT2D eigenvalue weighted by Crippen LogP contribution is 2.34. The first-order valence-corrected chi connectivity index (χ1v) is 11.8. The number of carbonyl (C=O) groups is 1. The van der Waals surface area contributed by atoms with Crippen molar-refractivity contribution in [2.45, 2.75) is 91.6 Å². The van der Waals surface area contributed by atoms with Crippen molar-refractivity contribution in [2.75, 3.05) is 12.4 Å². The van der Waals surface area contributed by atoms with Gasteiger partial charge in [-0.2, -0.15) is 0 Å². The molecule has 0 saturated heterocycles. The van der Waals surface area contributed by atoms with E-state index in [9.17, 15) is 9.90 Å². The molecule has 4 nitrogen and oxygen atoms in total. The van der Waals surface area contributed by atoms with Gasteiger partial charge in [-0.25, -0.2) is 0 Å². The van der Waals surface area contributed by atoms with E-state index in [1.54, 1.807) is 7.11 Å². The zero-order chi connectivity index (χ0) is 23.9. The lowest BCUT2D eigenvalue weighted by atomic mass is 9.84. The van der Waals surface area contributed by atoms with Crippen LogP contribution in [0, 0.1) is 13.8 Å². The summed E-state index contributed by atoms with van der Waals surface area (Å²) in [6, 6.07) is 10.2. The van der Waals surface area contributed by atoms with E-state index in [0.29, 0.717) is 6.42 Å². The number of aryl methyl sites for hydroxylation is 2. The zero-order valence-corrected chi connectivity index (χ0v) is 21.0. The highest BCUT2D eigenvalue weighted by Gasteiger charge is 2.22. The van der Waals surface area contributed by atoms with Gasteiger partial charge in [-0.1, -0.05) is 71.2 Å². The minimum absolute atomic E-state index is 0.0122. The molecule has 0 saturated carbocycles. The van der Waals surface area contributed by atoms with Crippen LogP contribution in [-0.4, -0.2) is 18.1 Å². The highest BCUT2D eigenvalue weighted by molar-refractivity contribution is 5.92. The largest absolute Gasteiger partial charge is 0.496 e. The molecule has 0 heterocycles. The number of ether oxygens (including phenoxy) is 1. The van der Waals surface area contributed by atoms with Crippen LogP contribution in [0.1, 0.15) is 93.5 Å². The molecular weight excluding hydrogens is 398 g/mol. The Morgan fingerprint density at radius 3 is 2.28 bits per heavy atom. The van der Waals surface area contributed by atoms with E-state index in [1.165, 1.54) is 12.0 Å². The number of anilines is 1. The van der Waals surface area contributed by atoms with E-state index in [-0.39, 0.29) is 23.8 Å². The monoisotopic (exact) mass is 439 g/mol. The van der Waals surface area contributed by atoms with E-state index in [2.05, 4.69) is 59.0 Å². The van der Waals surface area contributed by atoms with Crippen molar-refractivity contribution in [3.8, 4) is 5.75 Å². The quantitative estimate of drug-likeness (QED) is 0.400. The fraction of sp³-hybridized carbons (Fsp3) is 0.536. The molecule has 0 spiro atoms. The summed E-state index contributed by atoms with van der Waals surface area (Å²) in [5.74, 6) is 1.09. The van der Waals surface area contributed by atoms with Crippen molar-refractivity contribution in [1.82, 2.24) is 0 Å². The van der Waals surface area contributed by atoms with Crippen LogP contribution in [0.2, 0.25) is 0 Å². The van der Waals surface area contributed by atoms with Crippen LogP contribution >= 0.6 is 0 Å². The Balaban J connectivity index is 2.30. The summed E-state index contributed by atoms with van der Waals surface area (Å²) in [7, 11) is 1.70. The molecule has 2 rings (SSSR count). The smallest absolute Gasteiger partial charge is 0.224 e. The molecule has 0 aromatic heterocycles. The predicted molar refractivity (Wildman–Crippen MR) is 134 cm³/mol. The fourth-order valence-electron chi connectivity index (χ4n) is 4.44. The van der Waals surface area contributed by atoms with Crippen LogP contribution in [0.3, 0.4) is 0 Å². The van der Waals surface area contributed by atoms with Crippen molar-refractivity contribution >= 4 is 11.6 Å². The van der Waals surface area contributed by atoms with Crippen molar-refractivity contribution in [2.24, 2.45) is 0 Å². The Kier molecular flexibility index (Phi) is 9.33. The number of aliphatic hydroxyl groups is 1.